The molecule has 2 aromatic rings. The zero-order valence-electron chi connectivity index (χ0n) is 11.4. The van der Waals surface area contributed by atoms with Crippen molar-refractivity contribution in [2.75, 3.05) is 5.32 Å². The highest BCUT2D eigenvalue weighted by molar-refractivity contribution is 7.15. The maximum atomic E-state index is 12.5. The van der Waals surface area contributed by atoms with Crippen LogP contribution in [0.3, 0.4) is 0 Å². The highest BCUT2D eigenvalue weighted by Gasteiger charge is 2.52. The quantitative estimate of drug-likeness (QED) is 0.859. The Kier molecular flexibility index (Phi) is 3.67. The Balaban J connectivity index is 1.70. The molecule has 1 saturated carbocycles. The number of carbonyl (C=O) groups is 1. The first-order chi connectivity index (χ1) is 10.2. The van der Waals surface area contributed by atoms with E-state index in [1.54, 1.807) is 6.20 Å². The minimum absolute atomic E-state index is 0.0548. The molecule has 2 heterocycles. The van der Waals surface area contributed by atoms with Crippen LogP contribution >= 0.6 is 11.3 Å². The van der Waals surface area contributed by atoms with Gasteiger partial charge in [-0.2, -0.15) is 0 Å². The second-order valence-corrected chi connectivity index (χ2v) is 6.02. The minimum atomic E-state index is -0.494. The fraction of sp³-hybridized carbons (Fsp3) is 0.333. The number of terminal acetylenes is 1. The Morgan fingerprint density at radius 2 is 2.29 bits per heavy atom. The van der Waals surface area contributed by atoms with Crippen molar-refractivity contribution in [3.05, 3.63) is 35.1 Å². The van der Waals surface area contributed by atoms with Crippen molar-refractivity contribution in [1.82, 2.24) is 15.2 Å². The summed E-state index contributed by atoms with van der Waals surface area (Å²) >= 11 is 1.37. The number of hydrogen-bond acceptors (Lipinski definition) is 5. The summed E-state index contributed by atoms with van der Waals surface area (Å²) < 4.78 is 0. The molecule has 0 saturated heterocycles. The SMILES string of the molecule is C#CCCc1nnc(NC(=O)C2(c3ccccn3)CC2)s1. The highest BCUT2D eigenvalue weighted by Crippen LogP contribution is 2.48. The number of aryl methyl sites for hydroxylation is 1. The van der Waals surface area contributed by atoms with E-state index in [0.29, 0.717) is 18.0 Å². The summed E-state index contributed by atoms with van der Waals surface area (Å²) in [6.07, 6.45) is 9.89. The molecule has 0 radical (unpaired) electrons. The van der Waals surface area contributed by atoms with Crippen LogP contribution in [0.4, 0.5) is 5.13 Å². The van der Waals surface area contributed by atoms with Crippen LogP contribution in [0.15, 0.2) is 24.4 Å². The summed E-state index contributed by atoms with van der Waals surface area (Å²) in [5.74, 6) is 2.51. The van der Waals surface area contributed by atoms with Crippen molar-refractivity contribution in [2.45, 2.75) is 31.1 Å². The topological polar surface area (TPSA) is 67.8 Å². The summed E-state index contributed by atoms with van der Waals surface area (Å²) in [5, 5.41) is 12.2. The van der Waals surface area contributed by atoms with Gasteiger partial charge >= 0.3 is 0 Å². The molecule has 0 aromatic carbocycles. The lowest BCUT2D eigenvalue weighted by Gasteiger charge is -2.12. The lowest BCUT2D eigenvalue weighted by atomic mass is 10.0. The number of rotatable bonds is 5. The number of nitrogens with one attached hydrogen (secondary N) is 1. The van der Waals surface area contributed by atoms with Gasteiger partial charge in [0.15, 0.2) is 0 Å². The molecule has 21 heavy (non-hydrogen) atoms. The lowest BCUT2D eigenvalue weighted by molar-refractivity contribution is -0.118. The maximum absolute atomic E-state index is 12.5. The van der Waals surface area contributed by atoms with E-state index in [2.05, 4.69) is 26.4 Å². The predicted octanol–water partition coefficient (Wildman–Crippen LogP) is 2.17. The number of aromatic nitrogens is 3. The van der Waals surface area contributed by atoms with Gasteiger partial charge in [-0.1, -0.05) is 17.4 Å². The molecule has 1 aliphatic rings. The van der Waals surface area contributed by atoms with E-state index in [4.69, 9.17) is 6.42 Å². The zero-order chi connectivity index (χ0) is 14.7. The molecule has 1 N–H and O–H groups in total. The summed E-state index contributed by atoms with van der Waals surface area (Å²) in [6.45, 7) is 0. The number of anilines is 1. The molecule has 0 spiro atoms. The maximum Gasteiger partial charge on any atom is 0.238 e. The largest absolute Gasteiger partial charge is 0.300 e. The molecule has 1 fully saturated rings. The first-order valence-corrected chi connectivity index (χ1v) is 7.55. The fourth-order valence-corrected chi connectivity index (χ4v) is 2.91. The van der Waals surface area contributed by atoms with Crippen LogP contribution < -0.4 is 5.32 Å². The first kappa shape index (κ1) is 13.7. The van der Waals surface area contributed by atoms with Gasteiger partial charge in [-0.3, -0.25) is 15.1 Å². The Labute approximate surface area is 126 Å². The number of pyridine rings is 1. The monoisotopic (exact) mass is 298 g/mol. The second-order valence-electron chi connectivity index (χ2n) is 4.96. The Morgan fingerprint density at radius 1 is 1.43 bits per heavy atom. The van der Waals surface area contributed by atoms with Crippen LogP contribution in [0, 0.1) is 12.3 Å². The summed E-state index contributed by atoms with van der Waals surface area (Å²) in [4.78, 5) is 16.8. The molecule has 1 amide bonds. The highest BCUT2D eigenvalue weighted by atomic mass is 32.1. The summed E-state index contributed by atoms with van der Waals surface area (Å²) in [6, 6.07) is 5.64. The van der Waals surface area contributed by atoms with Gasteiger partial charge in [0, 0.05) is 19.0 Å². The molecule has 0 atom stereocenters. The third-order valence-corrected chi connectivity index (χ3v) is 4.41. The molecule has 1 aliphatic carbocycles. The van der Waals surface area contributed by atoms with Crippen LogP contribution in [0.5, 0.6) is 0 Å². The van der Waals surface area contributed by atoms with Gasteiger partial charge in [0.05, 0.1) is 11.1 Å². The predicted molar refractivity (Wildman–Crippen MR) is 80.8 cm³/mol. The Bertz CT molecular complexity index is 685. The van der Waals surface area contributed by atoms with Crippen molar-refractivity contribution in [3.8, 4) is 12.3 Å². The van der Waals surface area contributed by atoms with Crippen LogP contribution in [0.1, 0.15) is 30.0 Å². The average molecular weight is 298 g/mol. The molecule has 0 unspecified atom stereocenters. The second kappa shape index (κ2) is 5.62. The normalized spacial score (nSPS) is 15.2. The van der Waals surface area contributed by atoms with Crippen molar-refractivity contribution >= 4 is 22.4 Å². The van der Waals surface area contributed by atoms with E-state index < -0.39 is 5.41 Å². The third-order valence-electron chi connectivity index (χ3n) is 3.51. The summed E-state index contributed by atoms with van der Waals surface area (Å²) in [7, 11) is 0. The minimum Gasteiger partial charge on any atom is -0.300 e. The van der Waals surface area contributed by atoms with Gasteiger partial charge in [0.2, 0.25) is 11.0 Å². The molecule has 0 aliphatic heterocycles. The third kappa shape index (κ3) is 2.78. The van der Waals surface area contributed by atoms with Crippen molar-refractivity contribution in [2.24, 2.45) is 0 Å². The molecular weight excluding hydrogens is 284 g/mol. The molecule has 0 bridgehead atoms. The molecular formula is C15H14N4OS. The van der Waals surface area contributed by atoms with Crippen molar-refractivity contribution < 1.29 is 4.79 Å². The van der Waals surface area contributed by atoms with Gasteiger partial charge in [-0.15, -0.1) is 22.5 Å². The van der Waals surface area contributed by atoms with Gasteiger partial charge < -0.3 is 0 Å². The van der Waals surface area contributed by atoms with Gasteiger partial charge in [0.25, 0.3) is 0 Å². The van der Waals surface area contributed by atoms with E-state index in [1.165, 1.54) is 11.3 Å². The summed E-state index contributed by atoms with van der Waals surface area (Å²) in [5.41, 5.74) is 0.325. The Morgan fingerprint density at radius 3 is 2.95 bits per heavy atom. The fourth-order valence-electron chi connectivity index (χ4n) is 2.17. The Hall–Kier alpha value is -2.26. The van der Waals surface area contributed by atoms with Crippen LogP contribution in [0.25, 0.3) is 0 Å². The molecule has 2 aromatic heterocycles. The molecule has 3 rings (SSSR count). The van der Waals surface area contributed by atoms with E-state index in [9.17, 15) is 4.79 Å². The lowest BCUT2D eigenvalue weighted by Crippen LogP contribution is -2.28. The van der Waals surface area contributed by atoms with Gasteiger partial charge in [-0.05, 0) is 25.0 Å². The molecule has 6 heteroatoms. The van der Waals surface area contributed by atoms with Crippen LogP contribution in [-0.2, 0) is 16.6 Å². The van der Waals surface area contributed by atoms with Crippen molar-refractivity contribution in [3.63, 3.8) is 0 Å². The van der Waals surface area contributed by atoms with Gasteiger partial charge in [0.1, 0.15) is 5.01 Å². The zero-order valence-corrected chi connectivity index (χ0v) is 12.2. The van der Waals surface area contributed by atoms with E-state index in [-0.39, 0.29) is 5.91 Å². The first-order valence-electron chi connectivity index (χ1n) is 6.73. The molecule has 106 valence electrons. The van der Waals surface area contributed by atoms with E-state index in [0.717, 1.165) is 23.5 Å². The number of hydrogen-bond donors (Lipinski definition) is 1. The number of carbonyl (C=O) groups excluding carboxylic acids is 1. The average Bonchev–Trinajstić information content (AvgIpc) is 3.22. The van der Waals surface area contributed by atoms with E-state index in [1.807, 2.05) is 18.2 Å². The molecule has 5 nitrogen and oxygen atoms in total. The number of amides is 1. The van der Waals surface area contributed by atoms with Gasteiger partial charge in [-0.25, -0.2) is 0 Å². The van der Waals surface area contributed by atoms with E-state index >= 15 is 0 Å². The van der Waals surface area contributed by atoms with Crippen LogP contribution in [-0.4, -0.2) is 21.1 Å². The number of nitrogens with zero attached hydrogens (tertiary/aromatic N) is 3. The van der Waals surface area contributed by atoms with Crippen molar-refractivity contribution in [1.29, 1.82) is 0 Å². The van der Waals surface area contributed by atoms with Crippen LogP contribution in [0.2, 0.25) is 0 Å². The standard InChI is InChI=1S/C15H14N4OS/c1-2-3-7-12-18-19-14(21-12)17-13(20)15(8-9-15)11-6-4-5-10-16-11/h1,4-6,10H,3,7-9H2,(H,17,19,20). The smallest absolute Gasteiger partial charge is 0.238 e.